The van der Waals surface area contributed by atoms with Gasteiger partial charge in [-0.2, -0.15) is 0 Å². The summed E-state index contributed by atoms with van der Waals surface area (Å²) in [7, 11) is 0. The Kier molecular flexibility index (Phi) is 3.95. The molecule has 3 rings (SSSR count). The number of carboxylic acid groups (broad SMARTS) is 1. The van der Waals surface area contributed by atoms with Gasteiger partial charge in [0.2, 0.25) is 0 Å². The summed E-state index contributed by atoms with van der Waals surface area (Å²) in [6.45, 7) is 0. The maximum atomic E-state index is 12.1. The molecule has 1 aromatic heterocycles. The molecular formula is C17H11ClN2O3. The summed E-state index contributed by atoms with van der Waals surface area (Å²) in [5.74, 6) is -0.892. The van der Waals surface area contributed by atoms with E-state index >= 15 is 0 Å². The van der Waals surface area contributed by atoms with Crippen LogP contribution < -0.4 is 5.56 Å². The van der Waals surface area contributed by atoms with Crippen molar-refractivity contribution in [2.75, 3.05) is 0 Å². The van der Waals surface area contributed by atoms with E-state index in [-0.39, 0.29) is 27.5 Å². The van der Waals surface area contributed by atoms with Gasteiger partial charge in [0.1, 0.15) is 0 Å². The third-order valence-corrected chi connectivity index (χ3v) is 3.56. The molecule has 0 atom stereocenters. The van der Waals surface area contributed by atoms with Gasteiger partial charge in [0.15, 0.2) is 5.82 Å². The molecular weight excluding hydrogens is 316 g/mol. The Balaban J connectivity index is 2.13. The lowest BCUT2D eigenvalue weighted by Crippen LogP contribution is -2.11. The molecule has 0 unspecified atom stereocenters. The third kappa shape index (κ3) is 3.14. The molecule has 3 aromatic rings. The number of aromatic amines is 1. The first-order valence-electron chi connectivity index (χ1n) is 6.74. The SMILES string of the molecule is O=C(O)c1ccc2c(=O)[nH]c(/C(Cl)=C/c3ccccc3)nc2c1. The van der Waals surface area contributed by atoms with E-state index in [4.69, 9.17) is 16.7 Å². The average Bonchev–Trinajstić information content (AvgIpc) is 2.55. The van der Waals surface area contributed by atoms with Crippen LogP contribution in [0.25, 0.3) is 22.0 Å². The van der Waals surface area contributed by atoms with Crippen LogP contribution in [-0.2, 0) is 0 Å². The summed E-state index contributed by atoms with van der Waals surface area (Å²) < 4.78 is 0. The highest BCUT2D eigenvalue weighted by Gasteiger charge is 2.10. The second-order valence-electron chi connectivity index (χ2n) is 4.85. The molecule has 0 fully saturated rings. The number of aromatic nitrogens is 2. The minimum Gasteiger partial charge on any atom is -0.478 e. The molecule has 0 radical (unpaired) electrons. The molecule has 0 amide bonds. The number of carboxylic acids is 1. The topological polar surface area (TPSA) is 83.0 Å². The van der Waals surface area contributed by atoms with Crippen LogP contribution in [0.5, 0.6) is 0 Å². The average molecular weight is 327 g/mol. The van der Waals surface area contributed by atoms with Crippen molar-refractivity contribution in [2.45, 2.75) is 0 Å². The number of hydrogen-bond donors (Lipinski definition) is 2. The zero-order chi connectivity index (χ0) is 16.4. The summed E-state index contributed by atoms with van der Waals surface area (Å²) in [6.07, 6.45) is 1.67. The van der Waals surface area contributed by atoms with Gasteiger partial charge in [-0.05, 0) is 29.8 Å². The highest BCUT2D eigenvalue weighted by Crippen LogP contribution is 2.20. The largest absolute Gasteiger partial charge is 0.478 e. The number of hydrogen-bond acceptors (Lipinski definition) is 3. The minimum atomic E-state index is -1.08. The van der Waals surface area contributed by atoms with Gasteiger partial charge in [0, 0.05) is 0 Å². The van der Waals surface area contributed by atoms with Crippen molar-refractivity contribution in [1.29, 1.82) is 0 Å². The predicted octanol–water partition coefficient (Wildman–Crippen LogP) is 3.36. The lowest BCUT2D eigenvalue weighted by atomic mass is 10.1. The van der Waals surface area contributed by atoms with Crippen molar-refractivity contribution < 1.29 is 9.90 Å². The highest BCUT2D eigenvalue weighted by atomic mass is 35.5. The molecule has 5 nitrogen and oxygen atoms in total. The fourth-order valence-electron chi connectivity index (χ4n) is 2.15. The first-order valence-corrected chi connectivity index (χ1v) is 7.12. The number of carbonyl (C=O) groups is 1. The van der Waals surface area contributed by atoms with E-state index in [1.807, 2.05) is 30.3 Å². The monoisotopic (exact) mass is 326 g/mol. The van der Waals surface area contributed by atoms with Crippen LogP contribution in [0.2, 0.25) is 0 Å². The Hall–Kier alpha value is -2.92. The van der Waals surface area contributed by atoms with Gasteiger partial charge in [0.05, 0.1) is 21.5 Å². The predicted molar refractivity (Wildman–Crippen MR) is 89.5 cm³/mol. The van der Waals surface area contributed by atoms with Gasteiger partial charge in [-0.15, -0.1) is 0 Å². The van der Waals surface area contributed by atoms with Crippen molar-refractivity contribution in [3.05, 3.63) is 75.8 Å². The fraction of sp³-hybridized carbons (Fsp3) is 0. The van der Waals surface area contributed by atoms with Crippen molar-refractivity contribution in [3.63, 3.8) is 0 Å². The molecule has 0 aliphatic carbocycles. The number of H-pyrrole nitrogens is 1. The van der Waals surface area contributed by atoms with E-state index in [1.54, 1.807) is 6.08 Å². The Labute approximate surface area is 135 Å². The van der Waals surface area contributed by atoms with Crippen LogP contribution in [0, 0.1) is 0 Å². The van der Waals surface area contributed by atoms with Crippen molar-refractivity contribution >= 4 is 39.6 Å². The van der Waals surface area contributed by atoms with E-state index in [9.17, 15) is 9.59 Å². The van der Waals surface area contributed by atoms with Gasteiger partial charge in [-0.3, -0.25) is 4.79 Å². The van der Waals surface area contributed by atoms with E-state index < -0.39 is 5.97 Å². The van der Waals surface area contributed by atoms with Crippen LogP contribution in [0.4, 0.5) is 0 Å². The zero-order valence-electron chi connectivity index (χ0n) is 11.8. The van der Waals surface area contributed by atoms with Gasteiger partial charge < -0.3 is 10.1 Å². The lowest BCUT2D eigenvalue weighted by molar-refractivity contribution is 0.0697. The standard InChI is InChI=1S/C17H11ClN2O3/c18-13(8-10-4-2-1-3-5-10)15-19-14-9-11(17(22)23)6-7-12(14)16(21)20-15/h1-9H,(H,22,23)(H,19,20,21)/b13-8-. The smallest absolute Gasteiger partial charge is 0.335 e. The molecule has 0 spiro atoms. The van der Waals surface area contributed by atoms with Gasteiger partial charge in [0.25, 0.3) is 5.56 Å². The second kappa shape index (κ2) is 6.06. The molecule has 0 bridgehead atoms. The maximum absolute atomic E-state index is 12.1. The maximum Gasteiger partial charge on any atom is 0.335 e. The zero-order valence-corrected chi connectivity index (χ0v) is 12.5. The second-order valence-corrected chi connectivity index (χ2v) is 5.26. The Bertz CT molecular complexity index is 978. The van der Waals surface area contributed by atoms with Crippen LogP contribution in [0.3, 0.4) is 0 Å². The summed E-state index contributed by atoms with van der Waals surface area (Å²) in [4.78, 5) is 30.0. The highest BCUT2D eigenvalue weighted by molar-refractivity contribution is 6.50. The molecule has 0 aliphatic rings. The Morgan fingerprint density at radius 1 is 1.17 bits per heavy atom. The summed E-state index contributed by atoms with van der Waals surface area (Å²) in [6, 6.07) is 13.5. The molecule has 0 saturated heterocycles. The number of benzene rings is 2. The number of halogens is 1. The first kappa shape index (κ1) is 15.0. The molecule has 114 valence electrons. The number of fused-ring (bicyclic) bond motifs is 1. The van der Waals surface area contributed by atoms with E-state index in [0.717, 1.165) is 5.56 Å². The fourth-order valence-corrected chi connectivity index (χ4v) is 2.37. The van der Waals surface area contributed by atoms with Gasteiger partial charge >= 0.3 is 5.97 Å². The molecule has 2 aromatic carbocycles. The number of aromatic carboxylic acids is 1. The molecule has 2 N–H and O–H groups in total. The molecule has 0 aliphatic heterocycles. The lowest BCUT2D eigenvalue weighted by Gasteiger charge is -2.03. The van der Waals surface area contributed by atoms with Crippen LogP contribution >= 0.6 is 11.6 Å². The minimum absolute atomic E-state index is 0.0599. The normalized spacial score (nSPS) is 11.6. The van der Waals surface area contributed by atoms with E-state index in [1.165, 1.54) is 18.2 Å². The summed E-state index contributed by atoms with van der Waals surface area (Å²) in [5, 5.41) is 9.60. The van der Waals surface area contributed by atoms with Crippen molar-refractivity contribution in [2.24, 2.45) is 0 Å². The van der Waals surface area contributed by atoms with E-state index in [2.05, 4.69) is 9.97 Å². The number of rotatable bonds is 3. The van der Waals surface area contributed by atoms with Crippen LogP contribution in [0.1, 0.15) is 21.7 Å². The summed E-state index contributed by atoms with van der Waals surface area (Å²) in [5.41, 5.74) is 0.828. The molecule has 1 heterocycles. The molecule has 23 heavy (non-hydrogen) atoms. The van der Waals surface area contributed by atoms with Crippen molar-refractivity contribution in [1.82, 2.24) is 9.97 Å². The summed E-state index contributed by atoms with van der Waals surface area (Å²) >= 11 is 6.23. The number of nitrogens with one attached hydrogen (secondary N) is 1. The first-order chi connectivity index (χ1) is 11.0. The quantitative estimate of drug-likeness (QED) is 0.773. The van der Waals surface area contributed by atoms with Gasteiger partial charge in [-0.25, -0.2) is 9.78 Å². The Morgan fingerprint density at radius 3 is 2.61 bits per heavy atom. The third-order valence-electron chi connectivity index (χ3n) is 3.27. The van der Waals surface area contributed by atoms with E-state index in [0.29, 0.717) is 5.39 Å². The van der Waals surface area contributed by atoms with Gasteiger partial charge in [-0.1, -0.05) is 41.9 Å². The van der Waals surface area contributed by atoms with Crippen molar-refractivity contribution in [3.8, 4) is 0 Å². The molecule has 0 saturated carbocycles. The number of nitrogens with zero attached hydrogens (tertiary/aromatic N) is 1. The Morgan fingerprint density at radius 2 is 1.91 bits per heavy atom. The molecule has 6 heteroatoms. The van der Waals surface area contributed by atoms with Crippen LogP contribution in [0.15, 0.2) is 53.3 Å². The van der Waals surface area contributed by atoms with Crippen LogP contribution in [-0.4, -0.2) is 21.0 Å².